The van der Waals surface area contributed by atoms with Gasteiger partial charge in [0.25, 0.3) is 15.9 Å². The minimum absolute atomic E-state index is 0.0824. The molecule has 0 aromatic heterocycles. The van der Waals surface area contributed by atoms with E-state index < -0.39 is 15.9 Å². The number of rotatable bonds is 6. The molecule has 0 bridgehead atoms. The zero-order valence-electron chi connectivity index (χ0n) is 13.2. The van der Waals surface area contributed by atoms with Crippen molar-refractivity contribution >= 4 is 31.9 Å². The van der Waals surface area contributed by atoms with Crippen LogP contribution in [0.2, 0.25) is 0 Å². The molecule has 0 atom stereocenters. The van der Waals surface area contributed by atoms with Crippen molar-refractivity contribution < 1.29 is 17.9 Å². The number of hydrazine groups is 1. The predicted molar refractivity (Wildman–Crippen MR) is 94.3 cm³/mol. The fourth-order valence-corrected chi connectivity index (χ4v) is 3.54. The van der Waals surface area contributed by atoms with E-state index in [0.29, 0.717) is 10.0 Å². The molecule has 1 amide bonds. The normalized spacial score (nSPS) is 11.1. The van der Waals surface area contributed by atoms with Gasteiger partial charge in [-0.3, -0.25) is 10.2 Å². The molecular weight excluding hydrogens is 396 g/mol. The summed E-state index contributed by atoms with van der Waals surface area (Å²) in [5.74, 6) is -0.373. The summed E-state index contributed by atoms with van der Waals surface area (Å²) in [6, 6.07) is 11.5. The van der Waals surface area contributed by atoms with Crippen molar-refractivity contribution in [2.45, 2.75) is 18.2 Å². The molecule has 0 spiro atoms. The first-order valence-corrected chi connectivity index (χ1v) is 9.39. The summed E-state index contributed by atoms with van der Waals surface area (Å²) in [5, 5.41) is 0. The van der Waals surface area contributed by atoms with E-state index in [2.05, 4.69) is 26.2 Å². The maximum absolute atomic E-state index is 12.4. The summed E-state index contributed by atoms with van der Waals surface area (Å²) < 4.78 is 30.4. The lowest BCUT2D eigenvalue weighted by Crippen LogP contribution is -2.41. The van der Waals surface area contributed by atoms with E-state index in [1.165, 1.54) is 19.2 Å². The number of amides is 1. The van der Waals surface area contributed by atoms with Crippen LogP contribution in [0.15, 0.2) is 51.8 Å². The fourth-order valence-electron chi connectivity index (χ4n) is 1.99. The predicted octanol–water partition coefficient (Wildman–Crippen LogP) is 2.64. The lowest BCUT2D eigenvalue weighted by molar-refractivity contribution is 0.0945. The van der Waals surface area contributed by atoms with Crippen LogP contribution < -0.4 is 15.0 Å². The summed E-state index contributed by atoms with van der Waals surface area (Å²) in [6.07, 6.45) is 0.858. The van der Waals surface area contributed by atoms with Gasteiger partial charge in [-0.15, -0.1) is 4.83 Å². The van der Waals surface area contributed by atoms with Gasteiger partial charge in [0.1, 0.15) is 10.6 Å². The standard InChI is InChI=1S/C16H17BrN2O4S/c1-3-11-4-6-12(7-5-11)16(20)18-19-24(21,22)15-10-13(17)8-9-14(15)23-2/h4-10,19H,3H2,1-2H3,(H,18,20). The van der Waals surface area contributed by atoms with Crippen LogP contribution in [0.1, 0.15) is 22.8 Å². The summed E-state index contributed by atoms with van der Waals surface area (Å²) in [4.78, 5) is 14.1. The number of ether oxygens (including phenoxy) is 1. The van der Waals surface area contributed by atoms with Crippen LogP contribution >= 0.6 is 15.9 Å². The minimum atomic E-state index is -3.98. The maximum Gasteiger partial charge on any atom is 0.266 e. The summed E-state index contributed by atoms with van der Waals surface area (Å²) in [7, 11) is -2.61. The molecule has 24 heavy (non-hydrogen) atoms. The van der Waals surface area contributed by atoms with E-state index in [9.17, 15) is 13.2 Å². The molecular formula is C16H17BrN2O4S. The molecule has 2 aromatic rings. The Morgan fingerprint density at radius 2 is 1.83 bits per heavy atom. The van der Waals surface area contributed by atoms with Gasteiger partial charge in [0.2, 0.25) is 0 Å². The SMILES string of the molecule is CCc1ccc(C(=O)NNS(=O)(=O)c2cc(Br)ccc2OC)cc1. The number of carbonyl (C=O) groups excluding carboxylic acids is 1. The Hall–Kier alpha value is -1.90. The van der Waals surface area contributed by atoms with Crippen molar-refractivity contribution in [2.24, 2.45) is 0 Å². The van der Waals surface area contributed by atoms with Crippen LogP contribution in [0.4, 0.5) is 0 Å². The molecule has 0 saturated heterocycles. The third kappa shape index (κ3) is 4.34. The zero-order valence-corrected chi connectivity index (χ0v) is 15.6. The highest BCUT2D eigenvalue weighted by Crippen LogP contribution is 2.26. The van der Waals surface area contributed by atoms with Crippen molar-refractivity contribution in [3.05, 3.63) is 58.1 Å². The number of methoxy groups -OCH3 is 1. The van der Waals surface area contributed by atoms with E-state index in [1.807, 2.05) is 19.1 Å². The first kappa shape index (κ1) is 18.4. The van der Waals surface area contributed by atoms with E-state index in [4.69, 9.17) is 4.74 Å². The average Bonchev–Trinajstić information content (AvgIpc) is 2.59. The van der Waals surface area contributed by atoms with Crippen LogP contribution in [0, 0.1) is 0 Å². The Balaban J connectivity index is 2.15. The highest BCUT2D eigenvalue weighted by Gasteiger charge is 2.21. The monoisotopic (exact) mass is 412 g/mol. The number of carbonyl (C=O) groups is 1. The molecule has 0 saturated carbocycles. The Kier molecular flexibility index (Phi) is 5.98. The molecule has 0 aliphatic rings. The molecule has 2 rings (SSSR count). The molecule has 8 heteroatoms. The minimum Gasteiger partial charge on any atom is -0.495 e. The molecule has 0 radical (unpaired) electrons. The van der Waals surface area contributed by atoms with Gasteiger partial charge >= 0.3 is 0 Å². The number of hydrogen-bond donors (Lipinski definition) is 2. The number of hydrogen-bond acceptors (Lipinski definition) is 4. The third-order valence-electron chi connectivity index (χ3n) is 3.34. The molecule has 2 aromatic carbocycles. The van der Waals surface area contributed by atoms with E-state index in [-0.39, 0.29) is 10.6 Å². The smallest absolute Gasteiger partial charge is 0.266 e. The average molecular weight is 413 g/mol. The third-order valence-corrected chi connectivity index (χ3v) is 5.10. The number of sulfonamides is 1. The van der Waals surface area contributed by atoms with Gasteiger partial charge in [-0.2, -0.15) is 0 Å². The molecule has 6 nitrogen and oxygen atoms in total. The Bertz CT molecular complexity index is 836. The van der Waals surface area contributed by atoms with E-state index in [0.717, 1.165) is 12.0 Å². The lowest BCUT2D eigenvalue weighted by Gasteiger charge is -2.12. The topological polar surface area (TPSA) is 84.5 Å². The van der Waals surface area contributed by atoms with Gasteiger partial charge in [0.15, 0.2) is 0 Å². The van der Waals surface area contributed by atoms with Gasteiger partial charge < -0.3 is 4.74 Å². The van der Waals surface area contributed by atoms with Crippen molar-refractivity contribution in [3.8, 4) is 5.75 Å². The van der Waals surface area contributed by atoms with Gasteiger partial charge in [-0.1, -0.05) is 35.0 Å². The first-order valence-electron chi connectivity index (χ1n) is 7.12. The Morgan fingerprint density at radius 3 is 2.42 bits per heavy atom. The van der Waals surface area contributed by atoms with E-state index in [1.54, 1.807) is 18.2 Å². The second-order valence-corrected chi connectivity index (χ2v) is 7.47. The lowest BCUT2D eigenvalue weighted by atomic mass is 10.1. The molecule has 128 valence electrons. The van der Waals surface area contributed by atoms with Gasteiger partial charge in [-0.05, 0) is 42.3 Å². The van der Waals surface area contributed by atoms with Crippen molar-refractivity contribution in [1.82, 2.24) is 10.3 Å². The van der Waals surface area contributed by atoms with Crippen LogP contribution in [0.5, 0.6) is 5.75 Å². The Morgan fingerprint density at radius 1 is 1.17 bits per heavy atom. The van der Waals surface area contributed by atoms with Gasteiger partial charge in [0, 0.05) is 10.0 Å². The molecule has 0 unspecified atom stereocenters. The number of benzene rings is 2. The number of nitrogens with one attached hydrogen (secondary N) is 2. The number of aryl methyl sites for hydroxylation is 1. The van der Waals surface area contributed by atoms with E-state index >= 15 is 0 Å². The van der Waals surface area contributed by atoms with Crippen molar-refractivity contribution in [1.29, 1.82) is 0 Å². The molecule has 0 aliphatic heterocycles. The van der Waals surface area contributed by atoms with Crippen LogP contribution in [-0.4, -0.2) is 21.4 Å². The van der Waals surface area contributed by atoms with Crippen LogP contribution in [0.25, 0.3) is 0 Å². The summed E-state index contributed by atoms with van der Waals surface area (Å²) >= 11 is 3.21. The highest BCUT2D eigenvalue weighted by molar-refractivity contribution is 9.10. The fraction of sp³-hybridized carbons (Fsp3) is 0.188. The maximum atomic E-state index is 12.4. The Labute approximate surface area is 149 Å². The largest absolute Gasteiger partial charge is 0.495 e. The van der Waals surface area contributed by atoms with Crippen molar-refractivity contribution in [3.63, 3.8) is 0 Å². The second-order valence-electron chi connectivity index (χ2n) is 4.91. The molecule has 2 N–H and O–H groups in total. The zero-order chi connectivity index (χ0) is 17.7. The second kappa shape index (κ2) is 7.78. The highest BCUT2D eigenvalue weighted by atomic mass is 79.9. The van der Waals surface area contributed by atoms with Gasteiger partial charge in [0.05, 0.1) is 7.11 Å². The molecule has 0 heterocycles. The first-order chi connectivity index (χ1) is 11.4. The van der Waals surface area contributed by atoms with Gasteiger partial charge in [-0.25, -0.2) is 8.42 Å². The molecule has 0 fully saturated rings. The summed E-state index contributed by atoms with van der Waals surface area (Å²) in [5.41, 5.74) is 3.64. The summed E-state index contributed by atoms with van der Waals surface area (Å²) in [6.45, 7) is 2.01. The molecule has 0 aliphatic carbocycles. The number of halogens is 1. The van der Waals surface area contributed by atoms with Crippen LogP contribution in [-0.2, 0) is 16.4 Å². The van der Waals surface area contributed by atoms with Crippen LogP contribution in [0.3, 0.4) is 0 Å². The van der Waals surface area contributed by atoms with Crippen molar-refractivity contribution in [2.75, 3.05) is 7.11 Å². The quantitative estimate of drug-likeness (QED) is 0.714.